The predicted octanol–water partition coefficient (Wildman–Crippen LogP) is 3.35. The van der Waals surface area contributed by atoms with Crippen molar-refractivity contribution >= 4 is 15.9 Å². The first kappa shape index (κ1) is 11.9. The van der Waals surface area contributed by atoms with Crippen LogP contribution in [0, 0.1) is 6.92 Å². The molecule has 0 unspecified atom stereocenters. The van der Waals surface area contributed by atoms with Crippen LogP contribution in [-0.4, -0.2) is 17.1 Å². The lowest BCUT2D eigenvalue weighted by Crippen LogP contribution is -1.93. The van der Waals surface area contributed by atoms with Crippen LogP contribution in [0.1, 0.15) is 5.56 Å². The number of nitrogens with zero attached hydrogens (tertiary/aromatic N) is 2. The summed E-state index contributed by atoms with van der Waals surface area (Å²) in [4.78, 5) is 7.91. The lowest BCUT2D eigenvalue weighted by atomic mass is 10.2. The Bertz CT molecular complexity index is 532. The topological polar surface area (TPSA) is 44.2 Å². The third kappa shape index (κ3) is 2.74. The van der Waals surface area contributed by atoms with Gasteiger partial charge in [-0.2, -0.15) is 0 Å². The summed E-state index contributed by atoms with van der Waals surface area (Å²) in [6, 6.07) is 5.71. The van der Waals surface area contributed by atoms with Crippen molar-refractivity contribution in [2.45, 2.75) is 6.92 Å². The number of aromatic nitrogens is 2. The van der Waals surface area contributed by atoms with Gasteiger partial charge in [0.25, 0.3) is 0 Å². The molecule has 1 aromatic carbocycles. The standard InChI is InChI=1S/C12H11BrN2O2/c1-8-3-4-10(11(5-8)16-2)17-12-9(13)6-14-7-15-12/h3-7H,1-2H3. The summed E-state index contributed by atoms with van der Waals surface area (Å²) in [7, 11) is 1.61. The molecular weight excluding hydrogens is 284 g/mol. The smallest absolute Gasteiger partial charge is 0.236 e. The summed E-state index contributed by atoms with van der Waals surface area (Å²) < 4.78 is 11.6. The van der Waals surface area contributed by atoms with E-state index in [1.54, 1.807) is 13.3 Å². The van der Waals surface area contributed by atoms with Gasteiger partial charge in [-0.05, 0) is 40.5 Å². The Morgan fingerprint density at radius 2 is 2.06 bits per heavy atom. The molecule has 0 N–H and O–H groups in total. The Balaban J connectivity index is 2.33. The van der Waals surface area contributed by atoms with E-state index in [1.807, 2.05) is 25.1 Å². The van der Waals surface area contributed by atoms with E-state index in [9.17, 15) is 0 Å². The molecule has 0 aliphatic heterocycles. The number of hydrogen-bond acceptors (Lipinski definition) is 4. The van der Waals surface area contributed by atoms with E-state index in [4.69, 9.17) is 9.47 Å². The molecule has 1 heterocycles. The first-order valence-electron chi connectivity index (χ1n) is 4.98. The van der Waals surface area contributed by atoms with E-state index < -0.39 is 0 Å². The van der Waals surface area contributed by atoms with Crippen molar-refractivity contribution in [1.29, 1.82) is 0 Å². The molecule has 0 saturated carbocycles. The van der Waals surface area contributed by atoms with Gasteiger partial charge in [-0.3, -0.25) is 0 Å². The van der Waals surface area contributed by atoms with Crippen molar-refractivity contribution in [3.05, 3.63) is 40.8 Å². The molecule has 1 aromatic heterocycles. The summed E-state index contributed by atoms with van der Waals surface area (Å²) in [5.41, 5.74) is 1.11. The molecule has 0 radical (unpaired) electrons. The fourth-order valence-electron chi connectivity index (χ4n) is 1.34. The fourth-order valence-corrected chi connectivity index (χ4v) is 1.64. The summed E-state index contributed by atoms with van der Waals surface area (Å²) in [5, 5.41) is 0. The third-order valence-electron chi connectivity index (χ3n) is 2.16. The Kier molecular flexibility index (Phi) is 3.58. The maximum Gasteiger partial charge on any atom is 0.236 e. The maximum atomic E-state index is 5.66. The second-order valence-electron chi connectivity index (χ2n) is 3.43. The monoisotopic (exact) mass is 294 g/mol. The SMILES string of the molecule is COc1cc(C)ccc1Oc1ncncc1Br. The lowest BCUT2D eigenvalue weighted by molar-refractivity contribution is 0.372. The van der Waals surface area contributed by atoms with Crippen LogP contribution in [0.25, 0.3) is 0 Å². The van der Waals surface area contributed by atoms with Crippen LogP contribution < -0.4 is 9.47 Å². The van der Waals surface area contributed by atoms with E-state index in [2.05, 4.69) is 25.9 Å². The number of ether oxygens (including phenoxy) is 2. The summed E-state index contributed by atoms with van der Waals surface area (Å²) >= 11 is 3.32. The highest BCUT2D eigenvalue weighted by atomic mass is 79.9. The maximum absolute atomic E-state index is 5.66. The van der Waals surface area contributed by atoms with Crippen LogP contribution in [0.4, 0.5) is 0 Å². The quantitative estimate of drug-likeness (QED) is 0.871. The van der Waals surface area contributed by atoms with Gasteiger partial charge in [0.15, 0.2) is 11.5 Å². The first-order valence-corrected chi connectivity index (χ1v) is 5.78. The number of rotatable bonds is 3. The Morgan fingerprint density at radius 3 is 2.76 bits per heavy atom. The molecule has 0 aliphatic carbocycles. The van der Waals surface area contributed by atoms with Gasteiger partial charge >= 0.3 is 0 Å². The van der Waals surface area contributed by atoms with Crippen LogP contribution in [0.2, 0.25) is 0 Å². The Morgan fingerprint density at radius 1 is 1.24 bits per heavy atom. The van der Waals surface area contributed by atoms with Crippen molar-refractivity contribution < 1.29 is 9.47 Å². The zero-order valence-electron chi connectivity index (χ0n) is 9.48. The summed E-state index contributed by atoms with van der Waals surface area (Å²) in [6.45, 7) is 1.99. The summed E-state index contributed by atoms with van der Waals surface area (Å²) in [5.74, 6) is 1.76. The molecule has 0 atom stereocenters. The van der Waals surface area contributed by atoms with Gasteiger partial charge in [-0.15, -0.1) is 0 Å². The predicted molar refractivity (Wildman–Crippen MR) is 67.5 cm³/mol. The highest BCUT2D eigenvalue weighted by molar-refractivity contribution is 9.10. The van der Waals surface area contributed by atoms with Gasteiger partial charge in [0.2, 0.25) is 5.88 Å². The van der Waals surface area contributed by atoms with Crippen LogP contribution in [0.3, 0.4) is 0 Å². The zero-order valence-corrected chi connectivity index (χ0v) is 11.1. The molecule has 4 nitrogen and oxygen atoms in total. The van der Waals surface area contributed by atoms with Gasteiger partial charge < -0.3 is 9.47 Å². The van der Waals surface area contributed by atoms with Crippen molar-refractivity contribution in [2.24, 2.45) is 0 Å². The van der Waals surface area contributed by atoms with E-state index in [1.165, 1.54) is 6.33 Å². The molecular formula is C12H11BrN2O2. The van der Waals surface area contributed by atoms with Crippen LogP contribution >= 0.6 is 15.9 Å². The molecule has 2 aromatic rings. The highest BCUT2D eigenvalue weighted by Gasteiger charge is 2.09. The van der Waals surface area contributed by atoms with Gasteiger partial charge in [-0.1, -0.05) is 6.07 Å². The van der Waals surface area contributed by atoms with E-state index in [0.717, 1.165) is 5.56 Å². The van der Waals surface area contributed by atoms with Crippen molar-refractivity contribution in [3.8, 4) is 17.4 Å². The minimum atomic E-state index is 0.460. The van der Waals surface area contributed by atoms with Gasteiger partial charge in [0.1, 0.15) is 6.33 Å². The number of benzene rings is 1. The number of methoxy groups -OCH3 is 1. The molecule has 0 amide bonds. The number of halogens is 1. The molecule has 17 heavy (non-hydrogen) atoms. The van der Waals surface area contributed by atoms with Crippen molar-refractivity contribution in [2.75, 3.05) is 7.11 Å². The molecule has 0 aliphatic rings. The van der Waals surface area contributed by atoms with Gasteiger partial charge in [0, 0.05) is 6.20 Å². The minimum absolute atomic E-state index is 0.460. The first-order chi connectivity index (χ1) is 8.20. The molecule has 0 saturated heterocycles. The second kappa shape index (κ2) is 5.14. The Labute approximate surface area is 108 Å². The number of aryl methyl sites for hydroxylation is 1. The normalized spacial score (nSPS) is 10.1. The molecule has 2 rings (SSSR count). The average Bonchev–Trinajstić information content (AvgIpc) is 2.34. The van der Waals surface area contributed by atoms with E-state index in [-0.39, 0.29) is 0 Å². The van der Waals surface area contributed by atoms with E-state index >= 15 is 0 Å². The Hall–Kier alpha value is -1.62. The minimum Gasteiger partial charge on any atom is -0.493 e. The summed E-state index contributed by atoms with van der Waals surface area (Å²) in [6.07, 6.45) is 3.06. The van der Waals surface area contributed by atoms with Crippen molar-refractivity contribution in [3.63, 3.8) is 0 Å². The highest BCUT2D eigenvalue weighted by Crippen LogP contribution is 2.33. The average molecular weight is 295 g/mol. The third-order valence-corrected chi connectivity index (χ3v) is 2.70. The van der Waals surface area contributed by atoms with Gasteiger partial charge in [0.05, 0.1) is 11.6 Å². The molecule has 88 valence electrons. The van der Waals surface area contributed by atoms with E-state index in [0.29, 0.717) is 21.9 Å². The zero-order chi connectivity index (χ0) is 12.3. The second-order valence-corrected chi connectivity index (χ2v) is 4.29. The molecule has 0 bridgehead atoms. The molecule has 0 fully saturated rings. The van der Waals surface area contributed by atoms with Crippen LogP contribution in [-0.2, 0) is 0 Å². The molecule has 5 heteroatoms. The molecule has 0 spiro atoms. The fraction of sp³-hybridized carbons (Fsp3) is 0.167. The van der Waals surface area contributed by atoms with Crippen molar-refractivity contribution in [1.82, 2.24) is 9.97 Å². The lowest BCUT2D eigenvalue weighted by Gasteiger charge is -2.10. The van der Waals surface area contributed by atoms with Crippen LogP contribution in [0.15, 0.2) is 35.2 Å². The van der Waals surface area contributed by atoms with Gasteiger partial charge in [-0.25, -0.2) is 9.97 Å². The number of hydrogen-bond donors (Lipinski definition) is 0. The largest absolute Gasteiger partial charge is 0.493 e. The van der Waals surface area contributed by atoms with Crippen LogP contribution in [0.5, 0.6) is 17.4 Å².